The Balaban J connectivity index is 2.38. The maximum atomic E-state index is 11.2. The van der Waals surface area contributed by atoms with Crippen molar-refractivity contribution in [3.05, 3.63) is 22.5 Å². The first-order chi connectivity index (χ1) is 9.99. The summed E-state index contributed by atoms with van der Waals surface area (Å²) < 4.78 is 0. The smallest absolute Gasteiger partial charge is 0.407 e. The number of piperidine rings is 1. The molecule has 1 amide bonds. The lowest BCUT2D eigenvalue weighted by molar-refractivity contribution is 0.113. The van der Waals surface area contributed by atoms with Crippen LogP contribution in [0.4, 0.5) is 4.79 Å². The summed E-state index contributed by atoms with van der Waals surface area (Å²) in [4.78, 5) is 12.6. The molecule has 0 aromatic heterocycles. The Morgan fingerprint density at radius 3 is 2.33 bits per heavy atom. The third-order valence-corrected chi connectivity index (χ3v) is 4.25. The van der Waals surface area contributed by atoms with Crippen molar-refractivity contribution in [2.24, 2.45) is 11.8 Å². The van der Waals surface area contributed by atoms with E-state index in [0.717, 1.165) is 24.2 Å². The lowest BCUT2D eigenvalue weighted by Crippen LogP contribution is -2.43. The standard InChI is InChI=1S/C15H18N4O2/c1-9-12(6-16)14(13(7-17)10(2)18-9)11-4-3-5-19(8-11)15(20)21/h11,14,18H,3-5,8H2,1-2H3,(H,20,21). The highest BCUT2D eigenvalue weighted by atomic mass is 16.4. The molecule has 1 fully saturated rings. The number of carbonyl (C=O) groups is 1. The van der Waals surface area contributed by atoms with E-state index in [-0.39, 0.29) is 11.8 Å². The van der Waals surface area contributed by atoms with Crippen LogP contribution in [-0.4, -0.2) is 29.2 Å². The normalized spacial score (nSPS) is 23.4. The molecule has 2 aliphatic rings. The molecule has 0 saturated carbocycles. The SMILES string of the molecule is CC1=C(C#N)C(C2CCCN(C(=O)O)C2)C(C#N)=C(C)N1. The van der Waals surface area contributed by atoms with Crippen LogP contribution in [0.15, 0.2) is 22.5 Å². The molecule has 110 valence electrons. The van der Waals surface area contributed by atoms with Gasteiger partial charge in [-0.2, -0.15) is 10.5 Å². The largest absolute Gasteiger partial charge is 0.465 e. The number of rotatable bonds is 1. The summed E-state index contributed by atoms with van der Waals surface area (Å²) in [6.07, 6.45) is 0.647. The molecular weight excluding hydrogens is 268 g/mol. The van der Waals surface area contributed by atoms with E-state index in [9.17, 15) is 15.3 Å². The van der Waals surface area contributed by atoms with Crippen LogP contribution in [0.25, 0.3) is 0 Å². The Hall–Kier alpha value is -2.47. The first-order valence-electron chi connectivity index (χ1n) is 6.96. The fourth-order valence-electron chi connectivity index (χ4n) is 3.26. The van der Waals surface area contributed by atoms with Crippen LogP contribution in [0.1, 0.15) is 26.7 Å². The summed E-state index contributed by atoms with van der Waals surface area (Å²) in [5.74, 6) is -0.324. The minimum atomic E-state index is -0.938. The predicted molar refractivity (Wildman–Crippen MR) is 75.6 cm³/mol. The van der Waals surface area contributed by atoms with Gasteiger partial charge in [-0.05, 0) is 32.6 Å². The molecule has 6 nitrogen and oxygen atoms in total. The number of likely N-dealkylation sites (tertiary alicyclic amines) is 1. The van der Waals surface area contributed by atoms with Gasteiger partial charge < -0.3 is 15.3 Å². The predicted octanol–water partition coefficient (Wildman–Crippen LogP) is 2.19. The van der Waals surface area contributed by atoms with Gasteiger partial charge in [-0.1, -0.05) is 0 Å². The first-order valence-corrected chi connectivity index (χ1v) is 6.96. The van der Waals surface area contributed by atoms with E-state index in [1.54, 1.807) is 0 Å². The monoisotopic (exact) mass is 286 g/mol. The van der Waals surface area contributed by atoms with Crippen molar-refractivity contribution in [2.45, 2.75) is 26.7 Å². The van der Waals surface area contributed by atoms with Crippen LogP contribution >= 0.6 is 0 Å². The van der Waals surface area contributed by atoms with Gasteiger partial charge in [0.2, 0.25) is 0 Å². The maximum Gasteiger partial charge on any atom is 0.407 e. The van der Waals surface area contributed by atoms with Gasteiger partial charge in [0.1, 0.15) is 0 Å². The summed E-state index contributed by atoms with van der Waals surface area (Å²) in [5.41, 5.74) is 2.61. The van der Waals surface area contributed by atoms with Gasteiger partial charge in [-0.25, -0.2) is 4.79 Å². The topological polar surface area (TPSA) is 100 Å². The molecule has 0 aromatic carbocycles. The minimum absolute atomic E-state index is 0.0221. The molecule has 2 aliphatic heterocycles. The molecular formula is C15H18N4O2. The molecule has 1 atom stereocenters. The highest BCUT2D eigenvalue weighted by Crippen LogP contribution is 2.38. The molecule has 0 radical (unpaired) electrons. The third kappa shape index (κ3) is 2.71. The molecule has 0 aliphatic carbocycles. The van der Waals surface area contributed by atoms with Crippen LogP contribution in [0, 0.1) is 34.5 Å². The number of nitrogens with one attached hydrogen (secondary N) is 1. The number of hydrogen-bond acceptors (Lipinski definition) is 4. The lowest BCUT2D eigenvalue weighted by Gasteiger charge is -2.37. The number of hydrogen-bond donors (Lipinski definition) is 2. The Bertz CT molecular complexity index is 570. The van der Waals surface area contributed by atoms with Gasteiger partial charge in [0.05, 0.1) is 23.3 Å². The molecule has 2 heterocycles. The number of dihydropyridines is 1. The van der Waals surface area contributed by atoms with Crippen LogP contribution in [0.3, 0.4) is 0 Å². The zero-order valence-electron chi connectivity index (χ0n) is 12.2. The number of allylic oxidation sites excluding steroid dienone is 4. The van der Waals surface area contributed by atoms with Crippen molar-refractivity contribution >= 4 is 6.09 Å². The molecule has 0 bridgehead atoms. The molecule has 21 heavy (non-hydrogen) atoms. The van der Waals surface area contributed by atoms with Gasteiger partial charge in [-0.3, -0.25) is 0 Å². The Morgan fingerprint density at radius 1 is 1.29 bits per heavy atom. The molecule has 0 spiro atoms. The van der Waals surface area contributed by atoms with E-state index in [1.165, 1.54) is 4.90 Å². The summed E-state index contributed by atoms with van der Waals surface area (Å²) in [7, 11) is 0. The molecule has 0 aromatic rings. The molecule has 1 unspecified atom stereocenters. The van der Waals surface area contributed by atoms with Crippen molar-refractivity contribution in [3.8, 4) is 12.1 Å². The fourth-order valence-corrected chi connectivity index (χ4v) is 3.26. The number of amides is 1. The highest BCUT2D eigenvalue weighted by molar-refractivity contribution is 5.65. The van der Waals surface area contributed by atoms with E-state index in [1.807, 2.05) is 13.8 Å². The van der Waals surface area contributed by atoms with Crippen LogP contribution in [-0.2, 0) is 0 Å². The highest BCUT2D eigenvalue weighted by Gasteiger charge is 2.37. The van der Waals surface area contributed by atoms with Crippen molar-refractivity contribution in [3.63, 3.8) is 0 Å². The Labute approximate surface area is 124 Å². The van der Waals surface area contributed by atoms with E-state index in [0.29, 0.717) is 24.2 Å². The van der Waals surface area contributed by atoms with Gasteiger partial charge in [-0.15, -0.1) is 0 Å². The second-order valence-corrected chi connectivity index (χ2v) is 5.53. The summed E-state index contributed by atoms with van der Waals surface area (Å²) >= 11 is 0. The lowest BCUT2D eigenvalue weighted by atomic mass is 9.74. The number of nitriles is 2. The summed E-state index contributed by atoms with van der Waals surface area (Å²) in [5, 5.41) is 31.1. The van der Waals surface area contributed by atoms with Crippen LogP contribution in [0.5, 0.6) is 0 Å². The average Bonchev–Trinajstić information content (AvgIpc) is 2.46. The summed E-state index contributed by atoms with van der Waals surface area (Å²) in [6, 6.07) is 4.39. The number of carboxylic acid groups (broad SMARTS) is 1. The molecule has 1 saturated heterocycles. The van der Waals surface area contributed by atoms with Crippen molar-refractivity contribution in [2.75, 3.05) is 13.1 Å². The minimum Gasteiger partial charge on any atom is -0.465 e. The third-order valence-electron chi connectivity index (χ3n) is 4.25. The Morgan fingerprint density at radius 2 is 1.86 bits per heavy atom. The fraction of sp³-hybridized carbons (Fsp3) is 0.533. The zero-order valence-corrected chi connectivity index (χ0v) is 12.2. The first kappa shape index (κ1) is 14.9. The van der Waals surface area contributed by atoms with E-state index >= 15 is 0 Å². The van der Waals surface area contributed by atoms with Crippen LogP contribution < -0.4 is 5.32 Å². The van der Waals surface area contributed by atoms with Crippen LogP contribution in [0.2, 0.25) is 0 Å². The average molecular weight is 286 g/mol. The second kappa shape index (κ2) is 5.88. The Kier molecular flexibility index (Phi) is 4.18. The van der Waals surface area contributed by atoms with Gasteiger partial charge in [0.25, 0.3) is 0 Å². The van der Waals surface area contributed by atoms with Crippen molar-refractivity contribution in [1.82, 2.24) is 10.2 Å². The van der Waals surface area contributed by atoms with Gasteiger partial charge in [0.15, 0.2) is 0 Å². The molecule has 2 N–H and O–H groups in total. The van der Waals surface area contributed by atoms with E-state index in [2.05, 4.69) is 17.5 Å². The quantitative estimate of drug-likeness (QED) is 0.769. The molecule has 6 heteroatoms. The second-order valence-electron chi connectivity index (χ2n) is 5.53. The van der Waals surface area contributed by atoms with E-state index in [4.69, 9.17) is 5.11 Å². The number of nitrogens with zero attached hydrogens (tertiary/aromatic N) is 3. The van der Waals surface area contributed by atoms with Gasteiger partial charge in [0, 0.05) is 30.4 Å². The maximum absolute atomic E-state index is 11.2. The van der Waals surface area contributed by atoms with Crippen molar-refractivity contribution < 1.29 is 9.90 Å². The summed E-state index contributed by atoms with van der Waals surface area (Å²) in [6.45, 7) is 4.53. The van der Waals surface area contributed by atoms with Crippen molar-refractivity contribution in [1.29, 1.82) is 10.5 Å². The van der Waals surface area contributed by atoms with Gasteiger partial charge >= 0.3 is 6.09 Å². The van der Waals surface area contributed by atoms with E-state index < -0.39 is 6.09 Å². The zero-order chi connectivity index (χ0) is 15.6. The molecule has 2 rings (SSSR count).